The van der Waals surface area contributed by atoms with Crippen LogP contribution in [0.3, 0.4) is 0 Å². The van der Waals surface area contributed by atoms with Crippen molar-refractivity contribution in [1.29, 1.82) is 0 Å². The van der Waals surface area contributed by atoms with Crippen LogP contribution in [0.5, 0.6) is 0 Å². The lowest BCUT2D eigenvalue weighted by molar-refractivity contribution is 0.103. The van der Waals surface area contributed by atoms with E-state index in [9.17, 15) is 18.0 Å². The van der Waals surface area contributed by atoms with Gasteiger partial charge in [-0.15, -0.1) is 0 Å². The molecule has 0 aliphatic heterocycles. The van der Waals surface area contributed by atoms with Crippen molar-refractivity contribution in [1.82, 2.24) is 4.98 Å². The number of aromatic nitrogens is 1. The predicted molar refractivity (Wildman–Crippen MR) is 72.8 cm³/mol. The van der Waals surface area contributed by atoms with Gasteiger partial charge in [-0.3, -0.25) is 4.79 Å². The van der Waals surface area contributed by atoms with E-state index in [1.54, 1.807) is 6.07 Å². The van der Waals surface area contributed by atoms with Gasteiger partial charge in [-0.1, -0.05) is 12.1 Å². The van der Waals surface area contributed by atoms with E-state index < -0.39 is 23.2 Å². The first-order valence-electron chi connectivity index (χ1n) is 6.25. The molecule has 0 saturated carbocycles. The molecule has 1 heterocycles. The lowest BCUT2D eigenvalue weighted by Crippen LogP contribution is -2.04. The van der Waals surface area contributed by atoms with Crippen LogP contribution in [0, 0.1) is 24.4 Å². The second-order valence-corrected chi connectivity index (χ2v) is 4.78. The highest BCUT2D eigenvalue weighted by atomic mass is 19.2. The number of ketones is 1. The number of carbonyl (C=O) groups is 1. The van der Waals surface area contributed by atoms with Gasteiger partial charge in [-0.25, -0.2) is 13.2 Å². The number of H-pyrrole nitrogens is 1. The standard InChI is InChI=1S/C16H10F3NO/c1-8-3-2-4-13-14(8)10(7-20-13)16(21)9-5-11(17)15(19)12(18)6-9/h2-7,20H,1H3. The molecule has 2 nitrogen and oxygen atoms in total. The summed E-state index contributed by atoms with van der Waals surface area (Å²) in [6.07, 6.45) is 1.49. The Bertz CT molecular complexity index is 844. The van der Waals surface area contributed by atoms with Crippen LogP contribution in [0.4, 0.5) is 13.2 Å². The van der Waals surface area contributed by atoms with Crippen molar-refractivity contribution in [2.75, 3.05) is 0 Å². The van der Waals surface area contributed by atoms with Crippen molar-refractivity contribution < 1.29 is 18.0 Å². The highest BCUT2D eigenvalue weighted by Gasteiger charge is 2.19. The van der Waals surface area contributed by atoms with Crippen LogP contribution in [-0.4, -0.2) is 10.8 Å². The minimum atomic E-state index is -1.58. The molecule has 0 aliphatic rings. The van der Waals surface area contributed by atoms with Crippen molar-refractivity contribution >= 4 is 16.7 Å². The van der Waals surface area contributed by atoms with Gasteiger partial charge in [0.2, 0.25) is 0 Å². The predicted octanol–water partition coefficient (Wildman–Crippen LogP) is 4.12. The van der Waals surface area contributed by atoms with E-state index in [-0.39, 0.29) is 5.56 Å². The highest BCUT2D eigenvalue weighted by molar-refractivity contribution is 6.16. The van der Waals surface area contributed by atoms with Crippen LogP contribution in [0.2, 0.25) is 0 Å². The zero-order chi connectivity index (χ0) is 15.1. The zero-order valence-corrected chi connectivity index (χ0v) is 11.0. The SMILES string of the molecule is Cc1cccc2[nH]cc(C(=O)c3cc(F)c(F)c(F)c3)c12. The van der Waals surface area contributed by atoms with E-state index in [0.717, 1.165) is 11.1 Å². The third-order valence-electron chi connectivity index (χ3n) is 3.40. The van der Waals surface area contributed by atoms with Gasteiger partial charge >= 0.3 is 0 Å². The van der Waals surface area contributed by atoms with Gasteiger partial charge in [-0.2, -0.15) is 0 Å². The van der Waals surface area contributed by atoms with Crippen LogP contribution in [0.25, 0.3) is 10.9 Å². The molecule has 0 atom stereocenters. The van der Waals surface area contributed by atoms with Crippen LogP contribution in [0.15, 0.2) is 36.5 Å². The van der Waals surface area contributed by atoms with Crippen molar-refractivity contribution in [2.45, 2.75) is 6.92 Å². The number of carbonyl (C=O) groups excluding carboxylic acids is 1. The number of hydrogen-bond acceptors (Lipinski definition) is 1. The molecule has 5 heteroatoms. The topological polar surface area (TPSA) is 32.9 Å². The Labute approximate surface area is 118 Å². The van der Waals surface area contributed by atoms with Gasteiger partial charge in [0.05, 0.1) is 0 Å². The van der Waals surface area contributed by atoms with E-state index in [1.807, 2.05) is 19.1 Å². The first kappa shape index (κ1) is 13.4. The molecule has 0 amide bonds. The maximum atomic E-state index is 13.3. The molecule has 0 bridgehead atoms. The molecular weight excluding hydrogens is 279 g/mol. The van der Waals surface area contributed by atoms with E-state index in [0.29, 0.717) is 23.1 Å². The normalized spacial score (nSPS) is 11.0. The fraction of sp³-hybridized carbons (Fsp3) is 0.0625. The number of aromatic amines is 1. The first-order valence-corrected chi connectivity index (χ1v) is 6.25. The van der Waals surface area contributed by atoms with Crippen molar-refractivity contribution in [3.8, 4) is 0 Å². The quantitative estimate of drug-likeness (QED) is 0.558. The molecule has 3 rings (SSSR count). The monoisotopic (exact) mass is 289 g/mol. The molecule has 106 valence electrons. The minimum absolute atomic E-state index is 0.226. The summed E-state index contributed by atoms with van der Waals surface area (Å²) < 4.78 is 39.5. The summed E-state index contributed by atoms with van der Waals surface area (Å²) in [4.78, 5) is 15.4. The average molecular weight is 289 g/mol. The lowest BCUT2D eigenvalue weighted by atomic mass is 10.00. The molecule has 0 aliphatic carbocycles. The van der Waals surface area contributed by atoms with E-state index in [2.05, 4.69) is 4.98 Å². The van der Waals surface area contributed by atoms with Gasteiger partial charge in [0, 0.05) is 28.2 Å². The molecule has 0 saturated heterocycles. The smallest absolute Gasteiger partial charge is 0.195 e. The Morgan fingerprint density at radius 3 is 2.43 bits per heavy atom. The van der Waals surface area contributed by atoms with Gasteiger partial charge in [0.1, 0.15) is 0 Å². The second-order valence-electron chi connectivity index (χ2n) is 4.78. The largest absolute Gasteiger partial charge is 0.360 e. The number of nitrogens with one attached hydrogen (secondary N) is 1. The van der Waals surface area contributed by atoms with Crippen molar-refractivity contribution in [3.63, 3.8) is 0 Å². The van der Waals surface area contributed by atoms with Gasteiger partial charge < -0.3 is 4.98 Å². The fourth-order valence-electron chi connectivity index (χ4n) is 2.39. The molecule has 1 N–H and O–H groups in total. The Kier molecular flexibility index (Phi) is 3.05. The van der Waals surface area contributed by atoms with E-state index in [4.69, 9.17) is 0 Å². The molecule has 21 heavy (non-hydrogen) atoms. The summed E-state index contributed by atoms with van der Waals surface area (Å²) in [5.41, 5.74) is 1.69. The molecule has 0 fully saturated rings. The number of rotatable bonds is 2. The fourth-order valence-corrected chi connectivity index (χ4v) is 2.39. The molecule has 1 aromatic heterocycles. The van der Waals surface area contributed by atoms with Crippen LogP contribution < -0.4 is 0 Å². The van der Waals surface area contributed by atoms with E-state index in [1.165, 1.54) is 6.20 Å². The molecular formula is C16H10F3NO. The summed E-state index contributed by atoms with van der Waals surface area (Å²) in [5, 5.41) is 0.688. The zero-order valence-electron chi connectivity index (χ0n) is 11.0. The third-order valence-corrected chi connectivity index (χ3v) is 3.40. The maximum Gasteiger partial charge on any atom is 0.195 e. The first-order chi connectivity index (χ1) is 9.99. The highest BCUT2D eigenvalue weighted by Crippen LogP contribution is 2.25. The minimum Gasteiger partial charge on any atom is -0.360 e. The molecule has 0 unspecified atom stereocenters. The Hall–Kier alpha value is -2.56. The Morgan fingerprint density at radius 2 is 1.76 bits per heavy atom. The number of fused-ring (bicyclic) bond motifs is 1. The summed E-state index contributed by atoms with van der Waals surface area (Å²) in [5.74, 6) is -4.90. The Balaban J connectivity index is 2.17. The average Bonchev–Trinajstić information content (AvgIpc) is 2.89. The van der Waals surface area contributed by atoms with Crippen molar-refractivity contribution in [3.05, 3.63) is 70.7 Å². The molecule has 3 aromatic rings. The second kappa shape index (κ2) is 4.77. The van der Waals surface area contributed by atoms with Gasteiger partial charge in [0.15, 0.2) is 23.2 Å². The maximum absolute atomic E-state index is 13.3. The number of aryl methyl sites for hydroxylation is 1. The van der Waals surface area contributed by atoms with Gasteiger partial charge in [-0.05, 0) is 30.7 Å². The Morgan fingerprint density at radius 1 is 1.10 bits per heavy atom. The molecule has 0 radical (unpaired) electrons. The summed E-state index contributed by atoms with van der Waals surface area (Å²) in [6.45, 7) is 1.83. The van der Waals surface area contributed by atoms with Crippen LogP contribution >= 0.6 is 0 Å². The number of benzene rings is 2. The molecule has 2 aromatic carbocycles. The van der Waals surface area contributed by atoms with Gasteiger partial charge in [0.25, 0.3) is 0 Å². The summed E-state index contributed by atoms with van der Waals surface area (Å²) in [7, 11) is 0. The van der Waals surface area contributed by atoms with Crippen LogP contribution in [-0.2, 0) is 0 Å². The van der Waals surface area contributed by atoms with Crippen LogP contribution in [0.1, 0.15) is 21.5 Å². The summed E-state index contributed by atoms with van der Waals surface area (Å²) in [6, 6.07) is 6.87. The number of halogens is 3. The summed E-state index contributed by atoms with van der Waals surface area (Å²) >= 11 is 0. The number of hydrogen-bond donors (Lipinski definition) is 1. The van der Waals surface area contributed by atoms with E-state index >= 15 is 0 Å². The molecule has 0 spiro atoms. The van der Waals surface area contributed by atoms with Crippen molar-refractivity contribution in [2.24, 2.45) is 0 Å². The third kappa shape index (κ3) is 2.11. The lowest BCUT2D eigenvalue weighted by Gasteiger charge is -2.03.